The average Bonchev–Trinajstić information content (AvgIpc) is 2.48. The highest BCUT2D eigenvalue weighted by Crippen LogP contribution is 2.31. The van der Waals surface area contributed by atoms with Gasteiger partial charge in [-0.25, -0.2) is 0 Å². The van der Waals surface area contributed by atoms with Crippen molar-refractivity contribution in [3.63, 3.8) is 0 Å². The SMILES string of the molecule is COc1ccc(C(O)Cc2ccccc2C)cc1OC. The molecule has 0 heterocycles. The second-order valence-electron chi connectivity index (χ2n) is 4.76. The highest BCUT2D eigenvalue weighted by atomic mass is 16.5. The molecule has 106 valence electrons. The zero-order valence-electron chi connectivity index (χ0n) is 12.1. The summed E-state index contributed by atoms with van der Waals surface area (Å²) in [7, 11) is 3.19. The van der Waals surface area contributed by atoms with Gasteiger partial charge in [0.05, 0.1) is 20.3 Å². The van der Waals surface area contributed by atoms with Gasteiger partial charge in [0.25, 0.3) is 0 Å². The minimum absolute atomic E-state index is 0.559. The van der Waals surface area contributed by atoms with E-state index in [0.29, 0.717) is 17.9 Å². The van der Waals surface area contributed by atoms with Gasteiger partial charge < -0.3 is 14.6 Å². The quantitative estimate of drug-likeness (QED) is 0.907. The number of hydrogen-bond donors (Lipinski definition) is 1. The standard InChI is InChI=1S/C17H20O3/c1-12-6-4-5-7-13(12)10-15(18)14-8-9-16(19-2)17(11-14)20-3/h4-9,11,15,18H,10H2,1-3H3. The summed E-state index contributed by atoms with van der Waals surface area (Å²) in [6.45, 7) is 2.05. The molecule has 0 bridgehead atoms. The van der Waals surface area contributed by atoms with Gasteiger partial charge in [-0.2, -0.15) is 0 Å². The minimum atomic E-state index is -0.559. The highest BCUT2D eigenvalue weighted by molar-refractivity contribution is 5.44. The molecule has 0 saturated carbocycles. The molecule has 1 atom stereocenters. The van der Waals surface area contributed by atoms with Crippen LogP contribution in [-0.2, 0) is 6.42 Å². The number of methoxy groups -OCH3 is 2. The van der Waals surface area contributed by atoms with Crippen molar-refractivity contribution in [2.45, 2.75) is 19.4 Å². The van der Waals surface area contributed by atoms with Crippen molar-refractivity contribution >= 4 is 0 Å². The molecule has 0 aliphatic carbocycles. The Morgan fingerprint density at radius 3 is 2.35 bits per heavy atom. The lowest BCUT2D eigenvalue weighted by Gasteiger charge is -2.15. The van der Waals surface area contributed by atoms with E-state index in [9.17, 15) is 5.11 Å². The normalized spacial score (nSPS) is 12.0. The lowest BCUT2D eigenvalue weighted by molar-refractivity contribution is 0.177. The molecule has 1 N–H and O–H groups in total. The largest absolute Gasteiger partial charge is 0.493 e. The summed E-state index contributed by atoms with van der Waals surface area (Å²) in [4.78, 5) is 0. The third-order valence-electron chi connectivity index (χ3n) is 3.47. The van der Waals surface area contributed by atoms with Crippen molar-refractivity contribution in [2.75, 3.05) is 14.2 Å². The van der Waals surface area contributed by atoms with Gasteiger partial charge >= 0.3 is 0 Å². The van der Waals surface area contributed by atoms with Crippen LogP contribution in [0.15, 0.2) is 42.5 Å². The van der Waals surface area contributed by atoms with E-state index >= 15 is 0 Å². The van der Waals surface area contributed by atoms with E-state index in [-0.39, 0.29) is 0 Å². The molecule has 2 rings (SSSR count). The van der Waals surface area contributed by atoms with Gasteiger partial charge in [0.2, 0.25) is 0 Å². The van der Waals surface area contributed by atoms with Crippen LogP contribution in [0.4, 0.5) is 0 Å². The van der Waals surface area contributed by atoms with Crippen LogP contribution in [0.3, 0.4) is 0 Å². The Labute approximate surface area is 119 Å². The van der Waals surface area contributed by atoms with Crippen LogP contribution in [-0.4, -0.2) is 19.3 Å². The topological polar surface area (TPSA) is 38.7 Å². The van der Waals surface area contributed by atoms with Crippen molar-refractivity contribution in [1.29, 1.82) is 0 Å². The van der Waals surface area contributed by atoms with E-state index < -0.39 is 6.10 Å². The second kappa shape index (κ2) is 6.44. The van der Waals surface area contributed by atoms with Gasteiger partial charge in [0, 0.05) is 6.42 Å². The van der Waals surface area contributed by atoms with Gasteiger partial charge in [-0.1, -0.05) is 30.3 Å². The van der Waals surface area contributed by atoms with Crippen LogP contribution < -0.4 is 9.47 Å². The predicted octanol–water partition coefficient (Wildman–Crippen LogP) is 3.29. The number of hydrogen-bond acceptors (Lipinski definition) is 3. The van der Waals surface area contributed by atoms with Crippen LogP contribution in [0.25, 0.3) is 0 Å². The Kier molecular flexibility index (Phi) is 4.64. The number of aliphatic hydroxyl groups excluding tert-OH is 1. The number of benzene rings is 2. The summed E-state index contributed by atoms with van der Waals surface area (Å²) in [5, 5.41) is 10.4. The van der Waals surface area contributed by atoms with E-state index in [1.807, 2.05) is 36.4 Å². The maximum absolute atomic E-state index is 10.4. The monoisotopic (exact) mass is 272 g/mol. The smallest absolute Gasteiger partial charge is 0.161 e. The van der Waals surface area contributed by atoms with Crippen LogP contribution in [0, 0.1) is 6.92 Å². The molecule has 0 saturated heterocycles. The number of aryl methyl sites for hydroxylation is 1. The summed E-state index contributed by atoms with van der Waals surface area (Å²) in [5.74, 6) is 1.30. The van der Waals surface area contributed by atoms with Gasteiger partial charge in [0.1, 0.15) is 0 Å². The fourth-order valence-electron chi connectivity index (χ4n) is 2.23. The van der Waals surface area contributed by atoms with Gasteiger partial charge in [-0.15, -0.1) is 0 Å². The molecule has 1 unspecified atom stereocenters. The molecule has 3 nitrogen and oxygen atoms in total. The number of rotatable bonds is 5. The minimum Gasteiger partial charge on any atom is -0.493 e. The molecule has 0 radical (unpaired) electrons. The fraction of sp³-hybridized carbons (Fsp3) is 0.294. The summed E-state index contributed by atoms with van der Waals surface area (Å²) >= 11 is 0. The summed E-state index contributed by atoms with van der Waals surface area (Å²) in [5.41, 5.74) is 3.16. The molecule has 3 heteroatoms. The van der Waals surface area contributed by atoms with Gasteiger partial charge in [-0.3, -0.25) is 0 Å². The van der Waals surface area contributed by atoms with Crippen molar-refractivity contribution in [1.82, 2.24) is 0 Å². The molecule has 0 aliphatic heterocycles. The predicted molar refractivity (Wildman–Crippen MR) is 79.4 cm³/mol. The van der Waals surface area contributed by atoms with Crippen LogP contribution in [0.2, 0.25) is 0 Å². The molecular weight excluding hydrogens is 252 g/mol. The van der Waals surface area contributed by atoms with E-state index in [4.69, 9.17) is 9.47 Å². The lowest BCUT2D eigenvalue weighted by Crippen LogP contribution is -2.04. The first-order valence-corrected chi connectivity index (χ1v) is 6.60. The van der Waals surface area contributed by atoms with Crippen molar-refractivity contribution in [3.05, 3.63) is 59.2 Å². The molecule has 0 fully saturated rings. The third-order valence-corrected chi connectivity index (χ3v) is 3.47. The number of aliphatic hydroxyl groups is 1. The lowest BCUT2D eigenvalue weighted by atomic mass is 9.98. The maximum atomic E-state index is 10.4. The average molecular weight is 272 g/mol. The van der Waals surface area contributed by atoms with E-state index in [0.717, 1.165) is 11.1 Å². The molecule has 0 amide bonds. The van der Waals surface area contributed by atoms with E-state index in [2.05, 4.69) is 13.0 Å². The first kappa shape index (κ1) is 14.4. The highest BCUT2D eigenvalue weighted by Gasteiger charge is 2.13. The first-order valence-electron chi connectivity index (χ1n) is 6.60. The van der Waals surface area contributed by atoms with E-state index in [1.54, 1.807) is 14.2 Å². The summed E-state index contributed by atoms with van der Waals surface area (Å²) < 4.78 is 10.5. The Morgan fingerprint density at radius 1 is 1.00 bits per heavy atom. The van der Waals surface area contributed by atoms with Crippen LogP contribution >= 0.6 is 0 Å². The van der Waals surface area contributed by atoms with Gasteiger partial charge in [-0.05, 0) is 35.7 Å². The Hall–Kier alpha value is -2.00. The molecule has 2 aromatic carbocycles. The number of ether oxygens (including phenoxy) is 2. The summed E-state index contributed by atoms with van der Waals surface area (Å²) in [6, 6.07) is 13.6. The van der Waals surface area contributed by atoms with Crippen LogP contribution in [0.5, 0.6) is 11.5 Å². The third kappa shape index (κ3) is 3.11. The van der Waals surface area contributed by atoms with Crippen molar-refractivity contribution in [3.8, 4) is 11.5 Å². The van der Waals surface area contributed by atoms with Crippen molar-refractivity contribution in [2.24, 2.45) is 0 Å². The molecule has 2 aromatic rings. The molecule has 0 aliphatic rings. The fourth-order valence-corrected chi connectivity index (χ4v) is 2.23. The van der Waals surface area contributed by atoms with Gasteiger partial charge in [0.15, 0.2) is 11.5 Å². The Balaban J connectivity index is 2.21. The van der Waals surface area contributed by atoms with Crippen molar-refractivity contribution < 1.29 is 14.6 Å². The van der Waals surface area contributed by atoms with E-state index in [1.165, 1.54) is 5.56 Å². The second-order valence-corrected chi connectivity index (χ2v) is 4.76. The molecule has 0 spiro atoms. The Bertz CT molecular complexity index is 578. The zero-order chi connectivity index (χ0) is 14.5. The molecular formula is C17H20O3. The molecule has 0 aromatic heterocycles. The zero-order valence-corrected chi connectivity index (χ0v) is 12.1. The summed E-state index contributed by atoms with van der Waals surface area (Å²) in [6.07, 6.45) is 0.0261. The van der Waals surface area contributed by atoms with Crippen LogP contribution in [0.1, 0.15) is 22.8 Å². The Morgan fingerprint density at radius 2 is 1.70 bits per heavy atom. The molecule has 20 heavy (non-hydrogen) atoms. The first-order chi connectivity index (χ1) is 9.65. The maximum Gasteiger partial charge on any atom is 0.161 e.